The van der Waals surface area contributed by atoms with Crippen molar-refractivity contribution in [2.75, 3.05) is 25.1 Å². The van der Waals surface area contributed by atoms with Gasteiger partial charge >= 0.3 is 0 Å². The molecule has 2 aromatic heterocycles. The number of carbonyl (C=O) groups is 1. The average molecular weight is 330 g/mol. The van der Waals surface area contributed by atoms with Crippen molar-refractivity contribution < 1.29 is 9.53 Å². The second-order valence-corrected chi connectivity index (χ2v) is 5.79. The molecular formula is C16H22N6O2. The Hall–Kier alpha value is -2.64. The first-order chi connectivity index (χ1) is 11.7. The van der Waals surface area contributed by atoms with Gasteiger partial charge in [0.05, 0.1) is 13.7 Å². The Bertz CT molecular complexity index is 708. The molecule has 1 saturated heterocycles. The number of methoxy groups -OCH3 is 1. The summed E-state index contributed by atoms with van der Waals surface area (Å²) in [4.78, 5) is 23.4. The minimum atomic E-state index is -0.257. The summed E-state index contributed by atoms with van der Waals surface area (Å²) in [6.07, 6.45) is 7.02. The lowest BCUT2D eigenvalue weighted by molar-refractivity contribution is 0.0946. The minimum absolute atomic E-state index is 0.257. The molecule has 0 saturated carbocycles. The van der Waals surface area contributed by atoms with Gasteiger partial charge in [-0.2, -0.15) is 0 Å². The van der Waals surface area contributed by atoms with Gasteiger partial charge in [-0.1, -0.05) is 0 Å². The van der Waals surface area contributed by atoms with E-state index >= 15 is 0 Å². The lowest BCUT2D eigenvalue weighted by Gasteiger charge is -2.27. The SMILES string of the molecule is COc1nn(C)cc1C(=O)NCc1nccc(N2CCCCC2)n1. The Morgan fingerprint density at radius 2 is 2.12 bits per heavy atom. The summed E-state index contributed by atoms with van der Waals surface area (Å²) in [6, 6.07) is 1.92. The number of aryl methyl sites for hydroxylation is 1. The van der Waals surface area contributed by atoms with E-state index in [1.807, 2.05) is 6.07 Å². The number of amides is 1. The molecule has 1 fully saturated rings. The Morgan fingerprint density at radius 1 is 1.33 bits per heavy atom. The first-order valence-electron chi connectivity index (χ1n) is 8.10. The number of ether oxygens (including phenoxy) is 1. The predicted molar refractivity (Wildman–Crippen MR) is 89.0 cm³/mol. The number of aromatic nitrogens is 4. The third-order valence-electron chi connectivity index (χ3n) is 4.01. The first kappa shape index (κ1) is 16.2. The maximum absolute atomic E-state index is 12.3. The van der Waals surface area contributed by atoms with Crippen molar-refractivity contribution >= 4 is 11.7 Å². The Labute approximate surface area is 140 Å². The second kappa shape index (κ2) is 7.29. The molecule has 0 aromatic carbocycles. The van der Waals surface area contributed by atoms with Crippen molar-refractivity contribution in [2.24, 2.45) is 7.05 Å². The third kappa shape index (κ3) is 3.64. The fourth-order valence-corrected chi connectivity index (χ4v) is 2.80. The number of piperidine rings is 1. The quantitative estimate of drug-likeness (QED) is 0.885. The average Bonchev–Trinajstić information content (AvgIpc) is 3.02. The van der Waals surface area contributed by atoms with E-state index in [1.165, 1.54) is 26.4 Å². The van der Waals surface area contributed by atoms with Gasteiger partial charge in [0.25, 0.3) is 5.91 Å². The van der Waals surface area contributed by atoms with Crippen LogP contribution in [-0.4, -0.2) is 45.9 Å². The zero-order valence-electron chi connectivity index (χ0n) is 14.0. The lowest BCUT2D eigenvalue weighted by atomic mass is 10.1. The van der Waals surface area contributed by atoms with Gasteiger partial charge in [0.2, 0.25) is 5.88 Å². The highest BCUT2D eigenvalue weighted by Gasteiger charge is 2.17. The molecule has 0 radical (unpaired) electrons. The fraction of sp³-hybridized carbons (Fsp3) is 0.500. The summed E-state index contributed by atoms with van der Waals surface area (Å²) in [7, 11) is 3.23. The molecule has 1 aliphatic rings. The largest absolute Gasteiger partial charge is 0.479 e. The van der Waals surface area contributed by atoms with Crippen LogP contribution >= 0.6 is 0 Å². The molecule has 0 bridgehead atoms. The van der Waals surface area contributed by atoms with E-state index in [0.717, 1.165) is 18.9 Å². The first-order valence-corrected chi connectivity index (χ1v) is 8.10. The highest BCUT2D eigenvalue weighted by molar-refractivity contribution is 5.96. The van der Waals surface area contributed by atoms with Gasteiger partial charge in [0, 0.05) is 32.5 Å². The summed E-state index contributed by atoms with van der Waals surface area (Å²) < 4.78 is 6.65. The van der Waals surface area contributed by atoms with Crippen molar-refractivity contribution in [1.29, 1.82) is 0 Å². The van der Waals surface area contributed by atoms with Gasteiger partial charge in [-0.05, 0) is 25.3 Å². The van der Waals surface area contributed by atoms with Crippen LogP contribution in [0, 0.1) is 0 Å². The molecular weight excluding hydrogens is 308 g/mol. The third-order valence-corrected chi connectivity index (χ3v) is 4.01. The predicted octanol–water partition coefficient (Wildman–Crippen LogP) is 1.14. The van der Waals surface area contributed by atoms with E-state index in [1.54, 1.807) is 24.1 Å². The van der Waals surface area contributed by atoms with Gasteiger partial charge < -0.3 is 15.0 Å². The van der Waals surface area contributed by atoms with E-state index in [4.69, 9.17) is 4.74 Å². The molecule has 1 aliphatic heterocycles. The summed E-state index contributed by atoms with van der Waals surface area (Å²) in [5.41, 5.74) is 0.396. The summed E-state index contributed by atoms with van der Waals surface area (Å²) >= 11 is 0. The van der Waals surface area contributed by atoms with Crippen LogP contribution in [0.25, 0.3) is 0 Å². The van der Waals surface area contributed by atoms with Crippen LogP contribution in [0.4, 0.5) is 5.82 Å². The molecule has 3 rings (SSSR count). The van der Waals surface area contributed by atoms with E-state index in [9.17, 15) is 4.79 Å². The van der Waals surface area contributed by atoms with E-state index in [0.29, 0.717) is 17.3 Å². The van der Waals surface area contributed by atoms with Crippen molar-refractivity contribution in [2.45, 2.75) is 25.8 Å². The number of anilines is 1. The highest BCUT2D eigenvalue weighted by Crippen LogP contribution is 2.17. The molecule has 0 aliphatic carbocycles. The molecule has 2 aromatic rings. The van der Waals surface area contributed by atoms with Gasteiger partial charge in [-0.25, -0.2) is 9.97 Å². The Morgan fingerprint density at radius 3 is 2.88 bits per heavy atom. The highest BCUT2D eigenvalue weighted by atomic mass is 16.5. The summed E-state index contributed by atoms with van der Waals surface area (Å²) in [6.45, 7) is 2.31. The molecule has 8 heteroatoms. The Balaban J connectivity index is 1.64. The molecule has 24 heavy (non-hydrogen) atoms. The monoisotopic (exact) mass is 330 g/mol. The van der Waals surface area contributed by atoms with E-state index in [-0.39, 0.29) is 12.5 Å². The van der Waals surface area contributed by atoms with Gasteiger partial charge in [-0.3, -0.25) is 9.48 Å². The second-order valence-electron chi connectivity index (χ2n) is 5.79. The van der Waals surface area contributed by atoms with Crippen molar-refractivity contribution in [3.8, 4) is 5.88 Å². The number of nitrogens with one attached hydrogen (secondary N) is 1. The molecule has 3 heterocycles. The molecule has 1 N–H and O–H groups in total. The van der Waals surface area contributed by atoms with Gasteiger partial charge in [0.1, 0.15) is 17.2 Å². The molecule has 0 atom stereocenters. The van der Waals surface area contributed by atoms with Crippen molar-refractivity contribution in [3.05, 3.63) is 29.8 Å². The number of hydrogen-bond donors (Lipinski definition) is 1. The number of carbonyl (C=O) groups excluding carboxylic acids is 1. The molecule has 0 unspecified atom stereocenters. The number of hydrogen-bond acceptors (Lipinski definition) is 6. The zero-order valence-corrected chi connectivity index (χ0v) is 14.0. The smallest absolute Gasteiger partial charge is 0.258 e. The van der Waals surface area contributed by atoms with Crippen LogP contribution in [0.15, 0.2) is 18.5 Å². The van der Waals surface area contributed by atoms with Gasteiger partial charge in [0.15, 0.2) is 0 Å². The van der Waals surface area contributed by atoms with Crippen molar-refractivity contribution in [3.63, 3.8) is 0 Å². The van der Waals surface area contributed by atoms with Crippen LogP contribution in [0.3, 0.4) is 0 Å². The standard InChI is InChI=1S/C16H22N6O2/c1-21-11-12(16(20-21)24-2)15(23)18-10-13-17-7-6-14(19-13)22-8-4-3-5-9-22/h6-7,11H,3-5,8-10H2,1-2H3,(H,18,23). The summed E-state index contributed by atoms with van der Waals surface area (Å²) in [5, 5.41) is 6.89. The minimum Gasteiger partial charge on any atom is -0.479 e. The summed E-state index contributed by atoms with van der Waals surface area (Å²) in [5.74, 6) is 1.56. The topological polar surface area (TPSA) is 85.2 Å². The van der Waals surface area contributed by atoms with Crippen LogP contribution in [-0.2, 0) is 13.6 Å². The molecule has 128 valence electrons. The Kier molecular flexibility index (Phi) is 4.93. The molecule has 0 spiro atoms. The zero-order chi connectivity index (χ0) is 16.9. The fourth-order valence-electron chi connectivity index (χ4n) is 2.80. The van der Waals surface area contributed by atoms with Gasteiger partial charge in [-0.15, -0.1) is 5.10 Å². The maximum atomic E-state index is 12.3. The maximum Gasteiger partial charge on any atom is 0.258 e. The van der Waals surface area contributed by atoms with E-state index in [2.05, 4.69) is 25.3 Å². The molecule has 1 amide bonds. The van der Waals surface area contributed by atoms with Crippen LogP contribution < -0.4 is 15.0 Å². The molecule has 8 nitrogen and oxygen atoms in total. The van der Waals surface area contributed by atoms with E-state index < -0.39 is 0 Å². The van der Waals surface area contributed by atoms with Crippen LogP contribution in [0.5, 0.6) is 5.88 Å². The van der Waals surface area contributed by atoms with Crippen molar-refractivity contribution in [1.82, 2.24) is 25.1 Å². The van der Waals surface area contributed by atoms with Crippen LogP contribution in [0.2, 0.25) is 0 Å². The normalized spacial score (nSPS) is 14.5. The lowest BCUT2D eigenvalue weighted by Crippen LogP contribution is -2.31. The van der Waals surface area contributed by atoms with Crippen LogP contribution in [0.1, 0.15) is 35.4 Å². The number of rotatable bonds is 5. The number of nitrogens with zero attached hydrogens (tertiary/aromatic N) is 5.